The molecule has 0 aromatic heterocycles. The number of benzene rings is 1. The Morgan fingerprint density at radius 1 is 1.33 bits per heavy atom. The summed E-state index contributed by atoms with van der Waals surface area (Å²) in [4.78, 5) is 15.0. The van der Waals surface area contributed by atoms with Crippen LogP contribution in [0.4, 0.5) is 9.18 Å². The SMILES string of the molecule is CC1(C)Cc2cc(CNC(=O)N(CC3C=CC(F)=CN3)C3CCNCC3)ccc2O1. The number of carbonyl (C=O) groups is 1. The number of piperidine rings is 1. The number of rotatable bonds is 5. The third-order valence-electron chi connectivity index (χ3n) is 5.90. The molecule has 1 unspecified atom stereocenters. The van der Waals surface area contributed by atoms with Crippen LogP contribution in [0.25, 0.3) is 0 Å². The molecular formula is C23H31FN4O2. The van der Waals surface area contributed by atoms with Crippen molar-refractivity contribution in [2.45, 2.75) is 57.3 Å². The lowest BCUT2D eigenvalue weighted by Crippen LogP contribution is -2.53. The minimum Gasteiger partial charge on any atom is -0.487 e. The molecule has 0 bridgehead atoms. The molecule has 0 saturated carbocycles. The zero-order valence-corrected chi connectivity index (χ0v) is 17.7. The summed E-state index contributed by atoms with van der Waals surface area (Å²) in [6.45, 7) is 6.94. The van der Waals surface area contributed by atoms with Crippen LogP contribution in [0.2, 0.25) is 0 Å². The van der Waals surface area contributed by atoms with E-state index < -0.39 is 0 Å². The van der Waals surface area contributed by atoms with Gasteiger partial charge in [0, 0.05) is 31.8 Å². The molecule has 3 heterocycles. The van der Waals surface area contributed by atoms with Gasteiger partial charge < -0.3 is 25.6 Å². The molecule has 6 nitrogen and oxygen atoms in total. The molecule has 1 atom stereocenters. The van der Waals surface area contributed by atoms with Gasteiger partial charge in [0.15, 0.2) is 0 Å². The average Bonchev–Trinajstić information content (AvgIpc) is 3.05. The van der Waals surface area contributed by atoms with Crippen LogP contribution in [-0.2, 0) is 13.0 Å². The quantitative estimate of drug-likeness (QED) is 0.693. The van der Waals surface area contributed by atoms with Crippen molar-refractivity contribution in [2.24, 2.45) is 0 Å². The molecule has 3 aliphatic rings. The highest BCUT2D eigenvalue weighted by Crippen LogP contribution is 2.35. The van der Waals surface area contributed by atoms with Gasteiger partial charge in [0.1, 0.15) is 17.2 Å². The highest BCUT2D eigenvalue weighted by atomic mass is 19.1. The Hall–Kier alpha value is -2.54. The van der Waals surface area contributed by atoms with E-state index >= 15 is 0 Å². The van der Waals surface area contributed by atoms with Crippen molar-refractivity contribution in [1.82, 2.24) is 20.9 Å². The lowest BCUT2D eigenvalue weighted by atomic mass is 10.0. The zero-order chi connectivity index (χ0) is 21.1. The summed E-state index contributed by atoms with van der Waals surface area (Å²) in [6.07, 6.45) is 7.29. The summed E-state index contributed by atoms with van der Waals surface area (Å²) < 4.78 is 19.2. The van der Waals surface area contributed by atoms with Crippen molar-refractivity contribution in [3.05, 3.63) is 53.5 Å². The van der Waals surface area contributed by atoms with Gasteiger partial charge in [0.2, 0.25) is 0 Å². The molecule has 7 heteroatoms. The fourth-order valence-electron chi connectivity index (χ4n) is 4.39. The first-order chi connectivity index (χ1) is 14.4. The van der Waals surface area contributed by atoms with Crippen molar-refractivity contribution >= 4 is 6.03 Å². The summed E-state index contributed by atoms with van der Waals surface area (Å²) in [5.74, 6) is 0.634. The first-order valence-electron chi connectivity index (χ1n) is 10.8. The summed E-state index contributed by atoms with van der Waals surface area (Å²) in [6, 6.07) is 6.13. The Balaban J connectivity index is 1.40. The third kappa shape index (κ3) is 4.95. The number of nitrogens with zero attached hydrogens (tertiary/aromatic N) is 1. The van der Waals surface area contributed by atoms with E-state index in [1.165, 1.54) is 17.8 Å². The number of ether oxygens (including phenoxy) is 1. The van der Waals surface area contributed by atoms with Crippen LogP contribution in [-0.4, -0.2) is 48.3 Å². The van der Waals surface area contributed by atoms with Gasteiger partial charge in [-0.2, -0.15) is 0 Å². The van der Waals surface area contributed by atoms with E-state index in [0.29, 0.717) is 13.1 Å². The minimum absolute atomic E-state index is 0.0794. The number of halogens is 1. The standard InChI is InChI=1S/C23H31FN4O2/c1-23(2)12-17-11-16(3-6-21(17)30-23)13-27-22(29)28(20-7-9-25-10-8-20)15-19-5-4-18(24)14-26-19/h3-6,11,14,19-20,25-26H,7-10,12-13,15H2,1-2H3,(H,27,29). The van der Waals surface area contributed by atoms with Crippen molar-refractivity contribution < 1.29 is 13.9 Å². The molecule has 2 amide bonds. The minimum atomic E-state index is -0.298. The molecule has 1 saturated heterocycles. The Morgan fingerprint density at radius 3 is 2.87 bits per heavy atom. The maximum absolute atomic E-state index is 13.3. The van der Waals surface area contributed by atoms with Gasteiger partial charge in [-0.15, -0.1) is 0 Å². The van der Waals surface area contributed by atoms with E-state index in [0.717, 1.165) is 43.7 Å². The van der Waals surface area contributed by atoms with Crippen LogP contribution in [0.3, 0.4) is 0 Å². The summed E-state index contributed by atoms with van der Waals surface area (Å²) in [5.41, 5.74) is 2.08. The second kappa shape index (κ2) is 8.68. The van der Waals surface area contributed by atoms with Crippen LogP contribution in [0.1, 0.15) is 37.8 Å². The molecule has 1 aromatic rings. The van der Waals surface area contributed by atoms with E-state index in [2.05, 4.69) is 35.9 Å². The lowest BCUT2D eigenvalue weighted by Gasteiger charge is -2.36. The van der Waals surface area contributed by atoms with Gasteiger partial charge in [-0.05, 0) is 63.0 Å². The maximum atomic E-state index is 13.3. The fourth-order valence-corrected chi connectivity index (χ4v) is 4.39. The zero-order valence-electron chi connectivity index (χ0n) is 17.7. The number of dihydropyridines is 1. The van der Waals surface area contributed by atoms with Crippen LogP contribution in [0, 0.1) is 0 Å². The Kier molecular flexibility index (Phi) is 5.99. The summed E-state index contributed by atoms with van der Waals surface area (Å²) in [5, 5.41) is 9.47. The van der Waals surface area contributed by atoms with Gasteiger partial charge in [0.25, 0.3) is 0 Å². The van der Waals surface area contributed by atoms with Crippen molar-refractivity contribution in [3.8, 4) is 5.75 Å². The number of hydrogen-bond donors (Lipinski definition) is 3. The highest BCUT2D eigenvalue weighted by Gasteiger charge is 2.30. The predicted octanol–water partition coefficient (Wildman–Crippen LogP) is 3.00. The van der Waals surface area contributed by atoms with Crippen LogP contribution in [0.15, 0.2) is 42.4 Å². The van der Waals surface area contributed by atoms with Crippen LogP contribution < -0.4 is 20.7 Å². The predicted molar refractivity (Wildman–Crippen MR) is 115 cm³/mol. The van der Waals surface area contributed by atoms with Gasteiger partial charge in [-0.25, -0.2) is 9.18 Å². The van der Waals surface area contributed by atoms with E-state index in [1.54, 1.807) is 6.08 Å². The molecule has 0 spiro atoms. The maximum Gasteiger partial charge on any atom is 0.317 e. The van der Waals surface area contributed by atoms with E-state index in [-0.39, 0.29) is 29.5 Å². The molecule has 4 rings (SSSR count). The second-order valence-corrected chi connectivity index (χ2v) is 8.93. The molecule has 30 heavy (non-hydrogen) atoms. The van der Waals surface area contributed by atoms with Gasteiger partial charge in [-0.1, -0.05) is 18.2 Å². The van der Waals surface area contributed by atoms with Gasteiger partial charge in [-0.3, -0.25) is 0 Å². The van der Waals surface area contributed by atoms with Crippen LogP contribution in [0.5, 0.6) is 5.75 Å². The summed E-state index contributed by atoms with van der Waals surface area (Å²) in [7, 11) is 0. The molecule has 3 aliphatic heterocycles. The molecule has 1 fully saturated rings. The van der Waals surface area contributed by atoms with Gasteiger partial charge in [0.05, 0.1) is 6.04 Å². The largest absolute Gasteiger partial charge is 0.487 e. The van der Waals surface area contributed by atoms with E-state index in [4.69, 9.17) is 4.74 Å². The lowest BCUT2D eigenvalue weighted by molar-refractivity contribution is 0.138. The van der Waals surface area contributed by atoms with Crippen molar-refractivity contribution in [1.29, 1.82) is 0 Å². The van der Waals surface area contributed by atoms with Crippen molar-refractivity contribution in [2.75, 3.05) is 19.6 Å². The molecule has 0 aliphatic carbocycles. The highest BCUT2D eigenvalue weighted by molar-refractivity contribution is 5.74. The van der Waals surface area contributed by atoms with Gasteiger partial charge >= 0.3 is 6.03 Å². The molecule has 162 valence electrons. The number of hydrogen-bond acceptors (Lipinski definition) is 4. The molecule has 1 aromatic carbocycles. The molecular weight excluding hydrogens is 383 g/mol. The van der Waals surface area contributed by atoms with E-state index in [1.807, 2.05) is 17.0 Å². The normalized spacial score (nSPS) is 22.5. The topological polar surface area (TPSA) is 65.6 Å². The third-order valence-corrected chi connectivity index (χ3v) is 5.90. The number of amides is 2. The fraction of sp³-hybridized carbons (Fsp3) is 0.522. The number of carbonyl (C=O) groups excluding carboxylic acids is 1. The average molecular weight is 415 g/mol. The second-order valence-electron chi connectivity index (χ2n) is 8.93. The number of urea groups is 1. The van der Waals surface area contributed by atoms with E-state index in [9.17, 15) is 9.18 Å². The Morgan fingerprint density at radius 2 is 2.13 bits per heavy atom. The van der Waals surface area contributed by atoms with Crippen molar-refractivity contribution in [3.63, 3.8) is 0 Å². The Labute approximate surface area is 177 Å². The Bertz CT molecular complexity index is 846. The monoisotopic (exact) mass is 414 g/mol. The first-order valence-corrected chi connectivity index (χ1v) is 10.8. The number of fused-ring (bicyclic) bond motifs is 1. The molecule has 0 radical (unpaired) electrons. The smallest absolute Gasteiger partial charge is 0.317 e. The molecule has 3 N–H and O–H groups in total. The van der Waals surface area contributed by atoms with Crippen LogP contribution >= 0.6 is 0 Å². The number of allylic oxidation sites excluding steroid dienone is 2. The summed E-state index contributed by atoms with van der Waals surface area (Å²) >= 11 is 0. The first kappa shape index (κ1) is 20.7. The number of nitrogens with one attached hydrogen (secondary N) is 3.